The number of furan rings is 1. The van der Waals surface area contributed by atoms with E-state index in [2.05, 4.69) is 10.4 Å². The van der Waals surface area contributed by atoms with Crippen molar-refractivity contribution in [2.45, 2.75) is 39.4 Å². The van der Waals surface area contributed by atoms with Crippen molar-refractivity contribution in [2.75, 3.05) is 11.5 Å². The van der Waals surface area contributed by atoms with E-state index < -0.39 is 21.8 Å². The lowest BCUT2D eigenvalue weighted by molar-refractivity contribution is -0.159. The number of benzene rings is 1. The SMILES string of the molecule is Cc1nn(C2CCS(=O)(=O)C2)c(C)c1CNCc1ccc(-c2ccc(Cl)cc2)o1.O=C(O)C(=O)O. The van der Waals surface area contributed by atoms with Crippen molar-refractivity contribution >= 4 is 33.4 Å². The summed E-state index contributed by atoms with van der Waals surface area (Å²) in [6.45, 7) is 5.21. The van der Waals surface area contributed by atoms with Gasteiger partial charge in [-0.3, -0.25) is 4.68 Å². The topological polar surface area (TPSA) is 152 Å². The van der Waals surface area contributed by atoms with Crippen molar-refractivity contribution in [1.29, 1.82) is 0 Å². The van der Waals surface area contributed by atoms with Gasteiger partial charge in [-0.25, -0.2) is 18.0 Å². The van der Waals surface area contributed by atoms with Crippen molar-refractivity contribution in [1.82, 2.24) is 15.1 Å². The van der Waals surface area contributed by atoms with Crippen LogP contribution in [0.3, 0.4) is 0 Å². The third-order valence-electron chi connectivity index (χ3n) is 5.60. The first-order valence-electron chi connectivity index (χ1n) is 10.7. The molecule has 1 atom stereocenters. The minimum Gasteiger partial charge on any atom is -0.473 e. The van der Waals surface area contributed by atoms with Gasteiger partial charge in [0.15, 0.2) is 9.84 Å². The first kappa shape index (κ1) is 26.5. The Kier molecular flexibility index (Phi) is 8.36. The Balaban J connectivity index is 0.000000509. The highest BCUT2D eigenvalue weighted by Gasteiger charge is 2.31. The summed E-state index contributed by atoms with van der Waals surface area (Å²) in [6.07, 6.45) is 0.636. The summed E-state index contributed by atoms with van der Waals surface area (Å²) in [5, 5.41) is 23.5. The van der Waals surface area contributed by atoms with Gasteiger partial charge in [-0.05, 0) is 56.7 Å². The van der Waals surface area contributed by atoms with E-state index in [0.29, 0.717) is 24.5 Å². The largest absolute Gasteiger partial charge is 0.473 e. The molecule has 1 fully saturated rings. The van der Waals surface area contributed by atoms with Crippen LogP contribution in [0, 0.1) is 13.8 Å². The summed E-state index contributed by atoms with van der Waals surface area (Å²) in [4.78, 5) is 18.2. The Morgan fingerprint density at radius 2 is 1.77 bits per heavy atom. The van der Waals surface area contributed by atoms with Gasteiger partial charge in [-0.15, -0.1) is 0 Å². The van der Waals surface area contributed by atoms with E-state index in [0.717, 1.165) is 34.0 Å². The molecule has 0 spiro atoms. The maximum atomic E-state index is 11.8. The number of hydrogen-bond acceptors (Lipinski definition) is 7. The van der Waals surface area contributed by atoms with Crippen molar-refractivity contribution in [2.24, 2.45) is 0 Å². The molecule has 0 saturated carbocycles. The lowest BCUT2D eigenvalue weighted by atomic mass is 10.2. The summed E-state index contributed by atoms with van der Waals surface area (Å²) in [5.41, 5.74) is 4.05. The first-order valence-corrected chi connectivity index (χ1v) is 12.9. The summed E-state index contributed by atoms with van der Waals surface area (Å²) in [5.74, 6) is -1.56. The molecule has 0 amide bonds. The number of nitrogens with one attached hydrogen (secondary N) is 1. The molecule has 2 aromatic heterocycles. The molecule has 1 aliphatic heterocycles. The van der Waals surface area contributed by atoms with Gasteiger partial charge in [0.2, 0.25) is 0 Å². The smallest absolute Gasteiger partial charge is 0.414 e. The fourth-order valence-corrected chi connectivity index (χ4v) is 5.65. The fraction of sp³-hybridized carbons (Fsp3) is 0.348. The van der Waals surface area contributed by atoms with Crippen LogP contribution in [0.25, 0.3) is 11.3 Å². The number of carboxylic acid groups (broad SMARTS) is 2. The van der Waals surface area contributed by atoms with Gasteiger partial charge in [0.25, 0.3) is 0 Å². The molecule has 4 rings (SSSR count). The normalized spacial score (nSPS) is 16.5. The molecular formula is C23H26ClN3O7S. The van der Waals surface area contributed by atoms with Crippen molar-refractivity contribution in [3.63, 3.8) is 0 Å². The lowest BCUT2D eigenvalue weighted by Gasteiger charge is -2.11. The predicted molar refractivity (Wildman–Crippen MR) is 129 cm³/mol. The number of carbonyl (C=O) groups is 2. The Bertz CT molecular complexity index is 1300. The quantitative estimate of drug-likeness (QED) is 0.413. The fourth-order valence-electron chi connectivity index (χ4n) is 3.83. The van der Waals surface area contributed by atoms with Crippen LogP contribution in [0.15, 0.2) is 40.8 Å². The molecule has 1 aliphatic rings. The molecule has 12 heteroatoms. The van der Waals surface area contributed by atoms with E-state index in [1.807, 2.05) is 54.9 Å². The van der Waals surface area contributed by atoms with Gasteiger partial charge >= 0.3 is 11.9 Å². The van der Waals surface area contributed by atoms with E-state index in [9.17, 15) is 8.42 Å². The van der Waals surface area contributed by atoms with Crippen molar-refractivity contribution in [3.05, 3.63) is 64.1 Å². The van der Waals surface area contributed by atoms with Gasteiger partial charge < -0.3 is 19.9 Å². The Morgan fingerprint density at radius 1 is 1.11 bits per heavy atom. The average Bonchev–Trinajstić information content (AvgIpc) is 3.48. The van der Waals surface area contributed by atoms with Gasteiger partial charge in [0, 0.05) is 28.4 Å². The van der Waals surface area contributed by atoms with E-state index in [1.54, 1.807) is 0 Å². The van der Waals surface area contributed by atoms with Gasteiger partial charge in [0.05, 0.1) is 29.8 Å². The summed E-state index contributed by atoms with van der Waals surface area (Å²) in [6, 6.07) is 11.4. The molecule has 3 heterocycles. The molecule has 0 bridgehead atoms. The molecule has 1 unspecified atom stereocenters. The molecule has 1 aromatic carbocycles. The van der Waals surface area contributed by atoms with Gasteiger partial charge in [-0.2, -0.15) is 5.10 Å². The van der Waals surface area contributed by atoms with Crippen LogP contribution in [0.4, 0.5) is 0 Å². The Labute approximate surface area is 207 Å². The summed E-state index contributed by atoms with van der Waals surface area (Å²) >= 11 is 5.94. The molecule has 1 saturated heterocycles. The van der Waals surface area contributed by atoms with Crippen LogP contribution in [0.2, 0.25) is 5.02 Å². The molecule has 3 N–H and O–H groups in total. The zero-order valence-electron chi connectivity index (χ0n) is 19.2. The second kappa shape index (κ2) is 11.1. The van der Waals surface area contributed by atoms with Crippen molar-refractivity contribution in [3.8, 4) is 11.3 Å². The third kappa shape index (κ3) is 6.93. The molecule has 35 heavy (non-hydrogen) atoms. The molecule has 0 radical (unpaired) electrons. The number of aryl methyl sites for hydroxylation is 1. The number of halogens is 1. The van der Waals surface area contributed by atoms with E-state index in [4.69, 9.17) is 35.8 Å². The Hall–Kier alpha value is -3.15. The molecule has 3 aromatic rings. The van der Waals surface area contributed by atoms with Crippen molar-refractivity contribution < 1.29 is 32.6 Å². The van der Waals surface area contributed by atoms with Crippen LogP contribution < -0.4 is 5.32 Å². The summed E-state index contributed by atoms with van der Waals surface area (Å²) < 4.78 is 31.4. The van der Waals surface area contributed by atoms with Crippen LogP contribution in [-0.4, -0.2) is 51.9 Å². The average molecular weight is 524 g/mol. The number of rotatable bonds is 6. The number of aromatic nitrogens is 2. The van der Waals surface area contributed by atoms with Crippen LogP contribution in [0.1, 0.15) is 35.2 Å². The second-order valence-corrected chi connectivity index (χ2v) is 10.8. The highest BCUT2D eigenvalue weighted by atomic mass is 35.5. The predicted octanol–water partition coefficient (Wildman–Crippen LogP) is 3.22. The van der Waals surface area contributed by atoms with Gasteiger partial charge in [-0.1, -0.05) is 11.6 Å². The zero-order chi connectivity index (χ0) is 25.8. The molecular weight excluding hydrogens is 498 g/mol. The minimum absolute atomic E-state index is 0.0561. The third-order valence-corrected chi connectivity index (χ3v) is 7.61. The van der Waals surface area contributed by atoms with E-state index >= 15 is 0 Å². The number of hydrogen-bond donors (Lipinski definition) is 3. The van der Waals surface area contributed by atoms with Gasteiger partial charge in [0.1, 0.15) is 11.5 Å². The zero-order valence-corrected chi connectivity index (χ0v) is 20.8. The first-order chi connectivity index (χ1) is 16.5. The lowest BCUT2D eigenvalue weighted by Crippen LogP contribution is -2.16. The minimum atomic E-state index is -2.94. The number of aliphatic carboxylic acids is 2. The maximum absolute atomic E-state index is 11.8. The highest BCUT2D eigenvalue weighted by molar-refractivity contribution is 7.91. The summed E-state index contributed by atoms with van der Waals surface area (Å²) in [7, 11) is -2.94. The highest BCUT2D eigenvalue weighted by Crippen LogP contribution is 2.27. The monoisotopic (exact) mass is 523 g/mol. The maximum Gasteiger partial charge on any atom is 0.414 e. The molecule has 0 aliphatic carbocycles. The van der Waals surface area contributed by atoms with E-state index in [1.165, 1.54) is 0 Å². The van der Waals surface area contributed by atoms with Crippen LogP contribution in [0.5, 0.6) is 0 Å². The molecule has 10 nitrogen and oxygen atoms in total. The van der Waals surface area contributed by atoms with Crippen LogP contribution in [-0.2, 0) is 32.5 Å². The second-order valence-electron chi connectivity index (χ2n) is 8.14. The molecule has 188 valence electrons. The van der Waals surface area contributed by atoms with Crippen LogP contribution >= 0.6 is 11.6 Å². The van der Waals surface area contributed by atoms with E-state index in [-0.39, 0.29) is 17.5 Å². The number of nitrogens with zero attached hydrogens (tertiary/aromatic N) is 2. The number of carboxylic acids is 2. The standard InChI is InChI=1S/C21H24ClN3O3S.C2H2O4/c1-14-20(15(2)25(24-14)18-9-10-29(26,27)13-18)12-23-11-19-7-8-21(28-19)16-3-5-17(22)6-4-16;3-1(4)2(5)6/h3-8,18,23H,9-13H2,1-2H3;(H,3,4)(H,5,6). The number of sulfone groups is 1. The Morgan fingerprint density at radius 3 is 2.34 bits per heavy atom.